The third-order valence-corrected chi connectivity index (χ3v) is 6.30. The summed E-state index contributed by atoms with van der Waals surface area (Å²) < 4.78 is 0. The highest BCUT2D eigenvalue weighted by Crippen LogP contribution is 2.43. The Balaban J connectivity index is 1.84. The zero-order chi connectivity index (χ0) is 21.3. The van der Waals surface area contributed by atoms with Gasteiger partial charge in [-0.1, -0.05) is 72.5 Å². The minimum Gasteiger partial charge on any atom is -0.368 e. The van der Waals surface area contributed by atoms with Gasteiger partial charge in [0.2, 0.25) is 5.91 Å². The van der Waals surface area contributed by atoms with Crippen LogP contribution in [0.1, 0.15) is 66.8 Å². The maximum Gasteiger partial charge on any atom is 0.275 e. The van der Waals surface area contributed by atoms with Crippen molar-refractivity contribution < 1.29 is 9.59 Å². The Morgan fingerprint density at radius 3 is 2.27 bits per heavy atom. The van der Waals surface area contributed by atoms with E-state index in [1.165, 1.54) is 0 Å². The molecule has 4 rings (SSSR count). The molecular weight excluding hydrogens is 374 g/mol. The fourth-order valence-corrected chi connectivity index (χ4v) is 4.80. The maximum atomic E-state index is 13.8. The summed E-state index contributed by atoms with van der Waals surface area (Å²) >= 11 is 0. The number of carbonyl (C=O) groups excluding carboxylic acids is 2. The van der Waals surface area contributed by atoms with Crippen LogP contribution in [-0.4, -0.2) is 28.1 Å². The van der Waals surface area contributed by atoms with Crippen molar-refractivity contribution in [3.05, 3.63) is 70.8 Å². The summed E-state index contributed by atoms with van der Waals surface area (Å²) in [5.74, 6) is -0.719. The molecule has 2 amide bonds. The van der Waals surface area contributed by atoms with Crippen molar-refractivity contribution in [3.8, 4) is 0 Å². The lowest BCUT2D eigenvalue weighted by Crippen LogP contribution is -2.52. The number of benzene rings is 2. The highest BCUT2D eigenvalue weighted by atomic mass is 16.2. The van der Waals surface area contributed by atoms with Crippen LogP contribution < -0.4 is 5.73 Å². The van der Waals surface area contributed by atoms with Gasteiger partial charge in [-0.05, 0) is 45.1 Å². The molecule has 0 radical (unpaired) electrons. The van der Waals surface area contributed by atoms with Gasteiger partial charge >= 0.3 is 0 Å². The van der Waals surface area contributed by atoms with E-state index >= 15 is 0 Å². The van der Waals surface area contributed by atoms with Crippen molar-refractivity contribution in [2.45, 2.75) is 64.1 Å². The number of hydrogen-bond acceptors (Lipinski definition) is 3. The fourth-order valence-electron chi connectivity index (χ4n) is 4.80. The number of aliphatic imine (C=N–C) groups is 1. The Kier molecular flexibility index (Phi) is 5.46. The van der Waals surface area contributed by atoms with E-state index in [2.05, 4.69) is 0 Å². The average molecular weight is 404 g/mol. The molecule has 0 bridgehead atoms. The van der Waals surface area contributed by atoms with Gasteiger partial charge in [-0.25, -0.2) is 0 Å². The highest BCUT2D eigenvalue weighted by Gasteiger charge is 2.51. The molecule has 1 fully saturated rings. The second-order valence-electron chi connectivity index (χ2n) is 8.62. The molecule has 1 atom stereocenters. The topological polar surface area (TPSA) is 75.8 Å². The molecule has 5 heteroatoms. The van der Waals surface area contributed by atoms with Crippen LogP contribution in [0.5, 0.6) is 0 Å². The molecule has 5 nitrogen and oxygen atoms in total. The Morgan fingerprint density at radius 1 is 1.00 bits per heavy atom. The Morgan fingerprint density at radius 2 is 1.67 bits per heavy atom. The van der Waals surface area contributed by atoms with Crippen LogP contribution in [0.15, 0.2) is 53.5 Å². The smallest absolute Gasteiger partial charge is 0.275 e. The third-order valence-electron chi connectivity index (χ3n) is 6.30. The maximum absolute atomic E-state index is 13.8. The number of hydrogen-bond donors (Lipinski definition) is 1. The predicted molar refractivity (Wildman–Crippen MR) is 118 cm³/mol. The van der Waals surface area contributed by atoms with Gasteiger partial charge in [0.15, 0.2) is 0 Å². The molecule has 1 heterocycles. The van der Waals surface area contributed by atoms with Crippen LogP contribution in [0.3, 0.4) is 0 Å². The van der Waals surface area contributed by atoms with Crippen LogP contribution in [0.25, 0.3) is 0 Å². The SMILES string of the molecule is Cc1ccc(C2=NC3(CCCCCC3)N(C(C(N)=O)c3cccc(C)c3)C2=O)cc1. The van der Waals surface area contributed by atoms with Gasteiger partial charge in [-0.2, -0.15) is 0 Å². The van der Waals surface area contributed by atoms with Crippen molar-refractivity contribution >= 4 is 17.5 Å². The van der Waals surface area contributed by atoms with Crippen molar-refractivity contribution in [3.63, 3.8) is 0 Å². The van der Waals surface area contributed by atoms with Gasteiger partial charge in [-0.15, -0.1) is 0 Å². The monoisotopic (exact) mass is 403 g/mol. The van der Waals surface area contributed by atoms with Crippen molar-refractivity contribution in [2.24, 2.45) is 10.7 Å². The zero-order valence-corrected chi connectivity index (χ0v) is 17.7. The minimum absolute atomic E-state index is 0.203. The van der Waals surface area contributed by atoms with E-state index in [9.17, 15) is 9.59 Å². The van der Waals surface area contributed by atoms with Crippen molar-refractivity contribution in [1.29, 1.82) is 0 Å². The molecule has 2 aromatic carbocycles. The van der Waals surface area contributed by atoms with Gasteiger partial charge in [0.1, 0.15) is 17.4 Å². The Bertz CT molecular complexity index is 986. The van der Waals surface area contributed by atoms with Crippen molar-refractivity contribution in [2.75, 3.05) is 0 Å². The minimum atomic E-state index is -0.831. The first-order valence-corrected chi connectivity index (χ1v) is 10.8. The number of amides is 2. The molecule has 2 N–H and O–H groups in total. The molecule has 30 heavy (non-hydrogen) atoms. The lowest BCUT2D eigenvalue weighted by Gasteiger charge is -2.40. The van der Waals surface area contributed by atoms with E-state index in [0.29, 0.717) is 5.71 Å². The summed E-state index contributed by atoms with van der Waals surface area (Å²) in [6.07, 6.45) is 5.70. The number of carbonyl (C=O) groups is 2. The van der Waals surface area contributed by atoms with Gasteiger partial charge < -0.3 is 5.73 Å². The average Bonchev–Trinajstić information content (AvgIpc) is 2.85. The summed E-state index contributed by atoms with van der Waals surface area (Å²) in [6, 6.07) is 14.7. The molecule has 1 aliphatic carbocycles. The molecule has 1 spiro atoms. The molecule has 1 unspecified atom stereocenters. The second kappa shape index (κ2) is 8.05. The van der Waals surface area contributed by atoms with Crippen LogP contribution in [-0.2, 0) is 9.59 Å². The number of primary amides is 1. The number of rotatable bonds is 4. The van der Waals surface area contributed by atoms with Gasteiger partial charge in [-0.3, -0.25) is 19.5 Å². The second-order valence-corrected chi connectivity index (χ2v) is 8.62. The van der Waals surface area contributed by atoms with E-state index in [1.807, 2.05) is 62.4 Å². The van der Waals surface area contributed by atoms with Crippen LogP contribution in [0, 0.1) is 13.8 Å². The molecule has 0 aromatic heterocycles. The van der Waals surface area contributed by atoms with E-state index in [-0.39, 0.29) is 5.91 Å². The quantitative estimate of drug-likeness (QED) is 0.830. The molecule has 156 valence electrons. The first kappa shape index (κ1) is 20.3. The van der Waals surface area contributed by atoms with Crippen LogP contribution >= 0.6 is 0 Å². The first-order chi connectivity index (χ1) is 14.4. The predicted octanol–water partition coefficient (Wildman–Crippen LogP) is 4.21. The lowest BCUT2D eigenvalue weighted by molar-refractivity contribution is -0.140. The largest absolute Gasteiger partial charge is 0.368 e. The van der Waals surface area contributed by atoms with E-state index < -0.39 is 17.6 Å². The molecular formula is C25H29N3O2. The standard InChI is InChI=1S/C25H29N3O2/c1-17-10-12-19(13-11-17)21-24(30)28(25(27-21)14-5-3-4-6-15-25)22(23(26)29)20-9-7-8-18(2)16-20/h7-13,16,22H,3-6,14-15H2,1-2H3,(H2,26,29). The molecule has 2 aliphatic rings. The van der Waals surface area contributed by atoms with E-state index in [1.54, 1.807) is 4.90 Å². The summed E-state index contributed by atoms with van der Waals surface area (Å²) in [5.41, 5.74) is 9.34. The van der Waals surface area contributed by atoms with Gasteiger partial charge in [0.05, 0.1) is 0 Å². The van der Waals surface area contributed by atoms with E-state index in [4.69, 9.17) is 10.7 Å². The summed E-state index contributed by atoms with van der Waals surface area (Å²) in [5, 5.41) is 0. The number of nitrogens with zero attached hydrogens (tertiary/aromatic N) is 2. The number of aryl methyl sites for hydroxylation is 2. The number of nitrogens with two attached hydrogens (primary N) is 1. The molecule has 2 aromatic rings. The van der Waals surface area contributed by atoms with Gasteiger partial charge in [0.25, 0.3) is 5.91 Å². The normalized spacial score (nSPS) is 19.5. The molecule has 1 aliphatic heterocycles. The zero-order valence-electron chi connectivity index (χ0n) is 17.7. The lowest BCUT2D eigenvalue weighted by atomic mass is 9.94. The van der Waals surface area contributed by atoms with E-state index in [0.717, 1.165) is 60.8 Å². The third kappa shape index (κ3) is 3.64. The summed E-state index contributed by atoms with van der Waals surface area (Å²) in [6.45, 7) is 3.99. The summed E-state index contributed by atoms with van der Waals surface area (Å²) in [7, 11) is 0. The Hall–Kier alpha value is -2.95. The molecule has 1 saturated carbocycles. The van der Waals surface area contributed by atoms with Gasteiger partial charge in [0, 0.05) is 5.56 Å². The molecule has 0 saturated heterocycles. The fraction of sp³-hybridized carbons (Fsp3) is 0.400. The van der Waals surface area contributed by atoms with Crippen molar-refractivity contribution in [1.82, 2.24) is 4.90 Å². The van der Waals surface area contributed by atoms with Crippen LogP contribution in [0.4, 0.5) is 0 Å². The first-order valence-electron chi connectivity index (χ1n) is 10.8. The summed E-state index contributed by atoms with van der Waals surface area (Å²) in [4.78, 5) is 33.2. The highest BCUT2D eigenvalue weighted by molar-refractivity contribution is 6.47. The van der Waals surface area contributed by atoms with Crippen LogP contribution in [0.2, 0.25) is 0 Å². The Labute approximate surface area is 178 Å².